The van der Waals surface area contributed by atoms with Gasteiger partial charge in [-0.25, -0.2) is 4.79 Å². The first-order chi connectivity index (χ1) is 16.0. The summed E-state index contributed by atoms with van der Waals surface area (Å²) in [6.07, 6.45) is 9.01. The molecule has 3 N–H and O–H groups in total. The zero-order chi connectivity index (χ0) is 22.9. The number of carbonyl (C=O) groups excluding carboxylic acids is 2. The smallest absolute Gasteiger partial charge is 0.388 e. The Kier molecular flexibility index (Phi) is 6.38. The van der Waals surface area contributed by atoms with E-state index in [1.807, 2.05) is 18.2 Å². The van der Waals surface area contributed by atoms with Gasteiger partial charge in [0, 0.05) is 31.3 Å². The molecule has 1 aromatic rings. The molecular weight excluding hydrogens is 422 g/mol. The number of aliphatic hydroxyl groups is 1. The molecule has 178 valence electrons. The fourth-order valence-corrected chi connectivity index (χ4v) is 5.92. The number of benzene rings is 1. The Hall–Kier alpha value is -2.45. The standard InChI is InChI=1S/C25H33N3O5/c1-32-21-8-4-6-18(21)26-19-5-2-3-7-22(19)33-16-9-10-17-15(13-16)14-28(25(17)31)20-11-12-23(29)27-24(20)30/h9-10,13,18-22,26H,2-8,11-12,14H2,1H3,(H,27,29,30)/p+1/t18?,19-,20?,21?,22+/m1/s1. The highest BCUT2D eigenvalue weighted by atomic mass is 16.5. The van der Waals surface area contributed by atoms with Crippen LogP contribution in [0, 0.1) is 0 Å². The second kappa shape index (κ2) is 9.43. The minimum atomic E-state index is -0.487. The van der Waals surface area contributed by atoms with Crippen molar-refractivity contribution >= 4 is 17.7 Å². The zero-order valence-electron chi connectivity index (χ0n) is 19.2. The van der Waals surface area contributed by atoms with Gasteiger partial charge in [0.1, 0.15) is 11.9 Å². The third-order valence-electron chi connectivity index (χ3n) is 7.69. The molecule has 1 aromatic carbocycles. The lowest BCUT2D eigenvalue weighted by molar-refractivity contribution is -0.394. The van der Waals surface area contributed by atoms with Crippen molar-refractivity contribution in [2.45, 2.75) is 94.7 Å². The second-order valence-corrected chi connectivity index (χ2v) is 9.77. The van der Waals surface area contributed by atoms with Crippen molar-refractivity contribution < 1.29 is 29.2 Å². The van der Waals surface area contributed by atoms with Crippen molar-refractivity contribution in [3.05, 3.63) is 29.3 Å². The van der Waals surface area contributed by atoms with Crippen LogP contribution in [0.4, 0.5) is 0 Å². The van der Waals surface area contributed by atoms with E-state index in [1.165, 1.54) is 12.8 Å². The topological polar surface area (TPSA) is 102 Å². The molecule has 5 atom stereocenters. The summed E-state index contributed by atoms with van der Waals surface area (Å²) in [7, 11) is 1.80. The van der Waals surface area contributed by atoms with Gasteiger partial charge >= 0.3 is 11.8 Å². The van der Waals surface area contributed by atoms with Crippen molar-refractivity contribution in [1.29, 1.82) is 0 Å². The van der Waals surface area contributed by atoms with Crippen molar-refractivity contribution in [2.75, 3.05) is 7.11 Å². The van der Waals surface area contributed by atoms with E-state index in [4.69, 9.17) is 9.47 Å². The molecule has 0 aromatic heterocycles. The quantitative estimate of drug-likeness (QED) is 0.595. The van der Waals surface area contributed by atoms with Gasteiger partial charge in [0.2, 0.25) is 0 Å². The molecule has 3 unspecified atom stereocenters. The fourth-order valence-electron chi connectivity index (χ4n) is 5.92. The number of ether oxygens (including phenoxy) is 2. The van der Waals surface area contributed by atoms with E-state index in [-0.39, 0.29) is 29.9 Å². The lowest BCUT2D eigenvalue weighted by Crippen LogP contribution is -2.82. The molecule has 2 heterocycles. The summed E-state index contributed by atoms with van der Waals surface area (Å²) < 4.78 is 12.1. The monoisotopic (exact) mass is 456 g/mol. The Balaban J connectivity index is 1.27. The SMILES string of the molecule is COC1CCCC1N[C@@H]1CCCC[C@@H]1Oc1ccc2c(c1)CN(C1CCC(=O)[NH+]=C1O)C2=O. The normalized spacial score (nSPS) is 32.1. The van der Waals surface area contributed by atoms with Crippen molar-refractivity contribution in [2.24, 2.45) is 0 Å². The van der Waals surface area contributed by atoms with Gasteiger partial charge in [-0.1, -0.05) is 6.42 Å². The number of aliphatic hydroxyl groups excluding tert-OH is 1. The van der Waals surface area contributed by atoms with Gasteiger partial charge in [-0.05, 0) is 68.7 Å². The third-order valence-corrected chi connectivity index (χ3v) is 7.69. The van der Waals surface area contributed by atoms with Crippen LogP contribution in [0.25, 0.3) is 0 Å². The average molecular weight is 457 g/mol. The molecule has 2 aliphatic carbocycles. The van der Waals surface area contributed by atoms with E-state index in [1.54, 1.807) is 12.0 Å². The molecule has 33 heavy (non-hydrogen) atoms. The van der Waals surface area contributed by atoms with E-state index < -0.39 is 6.04 Å². The number of nitrogens with one attached hydrogen (secondary N) is 2. The summed E-state index contributed by atoms with van der Waals surface area (Å²) in [5.41, 5.74) is 1.54. The molecule has 2 amide bonds. The van der Waals surface area contributed by atoms with Gasteiger partial charge in [0.25, 0.3) is 5.91 Å². The van der Waals surface area contributed by atoms with Gasteiger partial charge < -0.3 is 24.8 Å². The Morgan fingerprint density at radius 1 is 1.03 bits per heavy atom. The van der Waals surface area contributed by atoms with E-state index in [9.17, 15) is 14.7 Å². The van der Waals surface area contributed by atoms with E-state index in [0.29, 0.717) is 37.0 Å². The fraction of sp³-hybridized carbons (Fsp3) is 0.640. The van der Waals surface area contributed by atoms with E-state index in [0.717, 1.165) is 43.4 Å². The molecule has 2 aliphatic heterocycles. The lowest BCUT2D eigenvalue weighted by atomic mass is 9.91. The Bertz CT molecular complexity index is 948. The first-order valence-corrected chi connectivity index (χ1v) is 12.3. The minimum Gasteiger partial charge on any atom is -0.489 e. The third kappa shape index (κ3) is 4.51. The van der Waals surface area contributed by atoms with Crippen LogP contribution in [-0.4, -0.2) is 65.2 Å². The largest absolute Gasteiger partial charge is 0.489 e. The summed E-state index contributed by atoms with van der Waals surface area (Å²) in [6.45, 7) is 0.403. The molecule has 8 heteroatoms. The molecular formula is C25H34N3O5+. The molecule has 0 radical (unpaired) electrons. The number of carbonyl (C=O) groups is 2. The van der Waals surface area contributed by atoms with Gasteiger partial charge in [-0.15, -0.1) is 4.99 Å². The lowest BCUT2D eigenvalue weighted by Gasteiger charge is -2.35. The highest BCUT2D eigenvalue weighted by molar-refractivity contribution is 6.01. The number of fused-ring (bicyclic) bond motifs is 1. The first-order valence-electron chi connectivity index (χ1n) is 12.3. The predicted octanol–water partition coefficient (Wildman–Crippen LogP) is 1.22. The molecule has 5 rings (SSSR count). The van der Waals surface area contributed by atoms with Gasteiger partial charge in [0.05, 0.1) is 12.5 Å². The number of nitrogens with zero attached hydrogens (tertiary/aromatic N) is 1. The van der Waals surface area contributed by atoms with E-state index in [2.05, 4.69) is 10.3 Å². The van der Waals surface area contributed by atoms with Crippen LogP contribution in [0.2, 0.25) is 0 Å². The summed E-state index contributed by atoms with van der Waals surface area (Å²) in [5.74, 6) is 0.310. The van der Waals surface area contributed by atoms with Crippen LogP contribution in [0.3, 0.4) is 0 Å². The predicted molar refractivity (Wildman–Crippen MR) is 121 cm³/mol. The molecule has 0 bridgehead atoms. The Labute approximate surface area is 194 Å². The van der Waals surface area contributed by atoms with Crippen molar-refractivity contribution in [1.82, 2.24) is 10.2 Å². The highest BCUT2D eigenvalue weighted by Gasteiger charge is 2.41. The number of hydrogen-bond acceptors (Lipinski definition) is 5. The number of hydrogen-bond donors (Lipinski definition) is 3. The second-order valence-electron chi connectivity index (χ2n) is 9.77. The van der Waals surface area contributed by atoms with Crippen molar-refractivity contribution in [3.8, 4) is 5.75 Å². The van der Waals surface area contributed by atoms with Gasteiger partial charge in [-0.2, -0.15) is 0 Å². The summed E-state index contributed by atoms with van der Waals surface area (Å²) in [4.78, 5) is 28.6. The first kappa shape index (κ1) is 22.3. The van der Waals surface area contributed by atoms with E-state index >= 15 is 0 Å². The number of rotatable bonds is 6. The summed E-state index contributed by atoms with van der Waals surface area (Å²) in [5, 5.41) is 14.0. The maximum atomic E-state index is 13.0. The van der Waals surface area contributed by atoms with Crippen LogP contribution in [-0.2, 0) is 16.1 Å². The molecule has 2 fully saturated rings. The molecule has 8 nitrogen and oxygen atoms in total. The summed E-state index contributed by atoms with van der Waals surface area (Å²) >= 11 is 0. The van der Waals surface area contributed by atoms with Crippen LogP contribution in [0.5, 0.6) is 5.75 Å². The molecule has 4 aliphatic rings. The number of amides is 2. The summed E-state index contributed by atoms with van der Waals surface area (Å²) in [6, 6.07) is 5.86. The Morgan fingerprint density at radius 2 is 1.79 bits per heavy atom. The van der Waals surface area contributed by atoms with Crippen LogP contribution < -0.4 is 15.0 Å². The molecule has 2 saturated carbocycles. The average Bonchev–Trinajstić information content (AvgIpc) is 3.39. The Morgan fingerprint density at radius 3 is 2.61 bits per heavy atom. The highest BCUT2D eigenvalue weighted by Crippen LogP contribution is 2.32. The van der Waals surface area contributed by atoms with Crippen molar-refractivity contribution in [3.63, 3.8) is 0 Å². The maximum absolute atomic E-state index is 13.0. The van der Waals surface area contributed by atoms with Gasteiger partial charge in [-0.3, -0.25) is 4.79 Å². The van der Waals surface area contributed by atoms with Crippen LogP contribution in [0.15, 0.2) is 18.2 Å². The molecule has 0 saturated heterocycles. The zero-order valence-corrected chi connectivity index (χ0v) is 19.2. The van der Waals surface area contributed by atoms with Gasteiger partial charge in [0.15, 0.2) is 6.04 Å². The molecule has 0 spiro atoms. The maximum Gasteiger partial charge on any atom is 0.388 e. The number of methoxy groups -OCH3 is 1. The van der Waals surface area contributed by atoms with Crippen LogP contribution in [0.1, 0.15) is 73.7 Å². The minimum absolute atomic E-state index is 0.0917. The van der Waals surface area contributed by atoms with Crippen LogP contribution >= 0.6 is 0 Å².